The Hall–Kier alpha value is -1.58. The molecule has 0 saturated carbocycles. The largest absolute Gasteiger partial charge is 0.382 e. The van der Waals surface area contributed by atoms with Gasteiger partial charge in [-0.15, -0.1) is 5.10 Å². The van der Waals surface area contributed by atoms with E-state index in [-0.39, 0.29) is 0 Å². The summed E-state index contributed by atoms with van der Waals surface area (Å²) in [5.41, 5.74) is 8.89. The standard InChI is InChI=1S/C9H12N4/c1-5-4-13(3)8-6(2)11-12-9(10)7(5)8/h4H,1-3H3,(H2,10,12). The Morgan fingerprint density at radius 2 is 2.00 bits per heavy atom. The van der Waals surface area contributed by atoms with Gasteiger partial charge in [0.15, 0.2) is 5.82 Å². The lowest BCUT2D eigenvalue weighted by Gasteiger charge is -2.00. The van der Waals surface area contributed by atoms with Gasteiger partial charge in [-0.1, -0.05) is 0 Å². The highest BCUT2D eigenvalue weighted by Crippen LogP contribution is 2.25. The highest BCUT2D eigenvalue weighted by atomic mass is 15.2. The second-order valence-corrected chi connectivity index (χ2v) is 3.32. The quantitative estimate of drug-likeness (QED) is 0.655. The molecule has 0 fully saturated rings. The van der Waals surface area contributed by atoms with Gasteiger partial charge in [-0.2, -0.15) is 5.10 Å². The molecule has 2 N–H and O–H groups in total. The van der Waals surface area contributed by atoms with E-state index in [0.717, 1.165) is 22.2 Å². The van der Waals surface area contributed by atoms with Gasteiger partial charge in [-0.05, 0) is 19.4 Å². The van der Waals surface area contributed by atoms with Crippen LogP contribution < -0.4 is 5.73 Å². The van der Waals surface area contributed by atoms with Gasteiger partial charge in [0, 0.05) is 18.6 Å². The van der Waals surface area contributed by atoms with Crippen LogP contribution in [0.5, 0.6) is 0 Å². The van der Waals surface area contributed by atoms with Crippen molar-refractivity contribution in [3.8, 4) is 0 Å². The fourth-order valence-electron chi connectivity index (χ4n) is 1.77. The van der Waals surface area contributed by atoms with Crippen LogP contribution in [0.25, 0.3) is 10.9 Å². The maximum Gasteiger partial charge on any atom is 0.155 e. The van der Waals surface area contributed by atoms with E-state index in [1.807, 2.05) is 31.7 Å². The summed E-state index contributed by atoms with van der Waals surface area (Å²) < 4.78 is 2.03. The third kappa shape index (κ3) is 0.983. The van der Waals surface area contributed by atoms with Gasteiger partial charge < -0.3 is 10.3 Å². The van der Waals surface area contributed by atoms with Crippen LogP contribution >= 0.6 is 0 Å². The summed E-state index contributed by atoms with van der Waals surface area (Å²) in [6.45, 7) is 3.97. The molecule has 0 atom stereocenters. The van der Waals surface area contributed by atoms with Gasteiger partial charge in [0.1, 0.15) is 0 Å². The van der Waals surface area contributed by atoms with Gasteiger partial charge in [-0.25, -0.2) is 0 Å². The number of nitrogens with zero attached hydrogens (tertiary/aromatic N) is 3. The van der Waals surface area contributed by atoms with Crippen molar-refractivity contribution in [2.45, 2.75) is 13.8 Å². The maximum atomic E-state index is 5.75. The SMILES string of the molecule is Cc1cn(C)c2c(C)nnc(N)c12. The number of nitrogens with two attached hydrogens (primary N) is 1. The van der Waals surface area contributed by atoms with E-state index in [2.05, 4.69) is 10.2 Å². The summed E-state index contributed by atoms with van der Waals surface area (Å²) in [7, 11) is 1.99. The molecule has 0 spiro atoms. The monoisotopic (exact) mass is 176 g/mol. The van der Waals surface area contributed by atoms with Crippen LogP contribution in [-0.4, -0.2) is 14.8 Å². The first-order valence-corrected chi connectivity index (χ1v) is 4.15. The van der Waals surface area contributed by atoms with Crippen LogP contribution in [0.15, 0.2) is 6.20 Å². The molecule has 0 amide bonds. The van der Waals surface area contributed by atoms with Crippen LogP contribution in [0.2, 0.25) is 0 Å². The van der Waals surface area contributed by atoms with Crippen molar-refractivity contribution < 1.29 is 0 Å². The van der Waals surface area contributed by atoms with E-state index < -0.39 is 0 Å². The first kappa shape index (κ1) is 8.04. The lowest BCUT2D eigenvalue weighted by molar-refractivity contribution is 0.932. The Kier molecular flexibility index (Phi) is 1.52. The van der Waals surface area contributed by atoms with Gasteiger partial charge in [0.25, 0.3) is 0 Å². The molecule has 0 aliphatic carbocycles. The Balaban J connectivity index is 3.03. The Morgan fingerprint density at radius 3 is 2.62 bits per heavy atom. The van der Waals surface area contributed by atoms with Crippen LogP contribution in [0, 0.1) is 13.8 Å². The zero-order valence-electron chi connectivity index (χ0n) is 8.00. The predicted octanol–water partition coefficient (Wildman–Crippen LogP) is 1.17. The number of fused-ring (bicyclic) bond motifs is 1. The number of hydrogen-bond acceptors (Lipinski definition) is 3. The van der Waals surface area contributed by atoms with Crippen molar-refractivity contribution in [1.82, 2.24) is 14.8 Å². The fourth-order valence-corrected chi connectivity index (χ4v) is 1.77. The molecule has 4 nitrogen and oxygen atoms in total. The van der Waals surface area contributed by atoms with E-state index >= 15 is 0 Å². The van der Waals surface area contributed by atoms with Crippen molar-refractivity contribution >= 4 is 16.7 Å². The molecule has 0 unspecified atom stereocenters. The first-order chi connectivity index (χ1) is 6.11. The van der Waals surface area contributed by atoms with Crippen LogP contribution in [0.4, 0.5) is 5.82 Å². The van der Waals surface area contributed by atoms with E-state index in [9.17, 15) is 0 Å². The highest BCUT2D eigenvalue weighted by molar-refractivity contribution is 5.93. The number of anilines is 1. The van der Waals surface area contributed by atoms with Crippen LogP contribution in [-0.2, 0) is 7.05 Å². The van der Waals surface area contributed by atoms with Crippen LogP contribution in [0.3, 0.4) is 0 Å². The van der Waals surface area contributed by atoms with E-state index in [1.54, 1.807) is 0 Å². The van der Waals surface area contributed by atoms with E-state index in [1.165, 1.54) is 0 Å². The van der Waals surface area contributed by atoms with Crippen LogP contribution in [0.1, 0.15) is 11.3 Å². The average molecular weight is 176 g/mol. The Bertz CT molecular complexity index is 428. The van der Waals surface area contributed by atoms with Gasteiger partial charge in [0.05, 0.1) is 11.2 Å². The number of aryl methyl sites for hydroxylation is 3. The fraction of sp³-hybridized carbons (Fsp3) is 0.333. The molecule has 13 heavy (non-hydrogen) atoms. The minimum absolute atomic E-state index is 0.513. The third-order valence-corrected chi connectivity index (χ3v) is 2.28. The number of nitrogen functional groups attached to an aromatic ring is 1. The molecule has 2 aromatic rings. The molecule has 0 bridgehead atoms. The average Bonchev–Trinajstić information content (AvgIpc) is 2.36. The topological polar surface area (TPSA) is 56.7 Å². The molecule has 2 aromatic heterocycles. The third-order valence-electron chi connectivity index (χ3n) is 2.28. The maximum absolute atomic E-state index is 5.75. The van der Waals surface area contributed by atoms with Crippen molar-refractivity contribution in [2.24, 2.45) is 7.05 Å². The molecular weight excluding hydrogens is 164 g/mol. The van der Waals surface area contributed by atoms with Gasteiger partial charge in [-0.3, -0.25) is 0 Å². The summed E-state index contributed by atoms with van der Waals surface area (Å²) in [6, 6.07) is 0. The Morgan fingerprint density at radius 1 is 1.31 bits per heavy atom. The minimum atomic E-state index is 0.513. The zero-order valence-corrected chi connectivity index (χ0v) is 8.00. The molecule has 68 valence electrons. The summed E-state index contributed by atoms with van der Waals surface area (Å²) >= 11 is 0. The predicted molar refractivity (Wildman–Crippen MR) is 52.4 cm³/mol. The molecule has 0 aliphatic rings. The van der Waals surface area contributed by atoms with Gasteiger partial charge >= 0.3 is 0 Å². The number of rotatable bonds is 0. The Labute approximate surface area is 76.4 Å². The number of hydrogen-bond donors (Lipinski definition) is 1. The highest BCUT2D eigenvalue weighted by Gasteiger charge is 2.10. The normalized spacial score (nSPS) is 11.0. The second-order valence-electron chi connectivity index (χ2n) is 3.32. The lowest BCUT2D eigenvalue weighted by Crippen LogP contribution is -1.98. The molecule has 0 radical (unpaired) electrons. The molecule has 2 heterocycles. The molecular formula is C9H12N4. The summed E-state index contributed by atoms with van der Waals surface area (Å²) in [5.74, 6) is 0.513. The van der Waals surface area contributed by atoms with E-state index in [4.69, 9.17) is 5.73 Å². The van der Waals surface area contributed by atoms with Crippen molar-refractivity contribution in [1.29, 1.82) is 0 Å². The van der Waals surface area contributed by atoms with Crippen molar-refractivity contribution in [2.75, 3.05) is 5.73 Å². The molecule has 4 heteroatoms. The summed E-state index contributed by atoms with van der Waals surface area (Å²) in [5, 5.41) is 8.90. The summed E-state index contributed by atoms with van der Waals surface area (Å²) in [6.07, 6.45) is 2.04. The molecule has 2 rings (SSSR count). The van der Waals surface area contributed by atoms with Crippen molar-refractivity contribution in [3.63, 3.8) is 0 Å². The smallest absolute Gasteiger partial charge is 0.155 e. The van der Waals surface area contributed by atoms with Gasteiger partial charge in [0.2, 0.25) is 0 Å². The summed E-state index contributed by atoms with van der Waals surface area (Å²) in [4.78, 5) is 0. The first-order valence-electron chi connectivity index (χ1n) is 4.15. The van der Waals surface area contributed by atoms with E-state index in [0.29, 0.717) is 5.82 Å². The molecule has 0 saturated heterocycles. The van der Waals surface area contributed by atoms with Crippen molar-refractivity contribution in [3.05, 3.63) is 17.5 Å². The minimum Gasteiger partial charge on any atom is -0.382 e. The molecule has 0 aliphatic heterocycles. The zero-order chi connectivity index (χ0) is 9.59. The number of aromatic nitrogens is 3. The second kappa shape index (κ2) is 2.45. The molecule has 0 aromatic carbocycles. The lowest BCUT2D eigenvalue weighted by atomic mass is 10.2.